The van der Waals surface area contributed by atoms with E-state index in [0.717, 1.165) is 17.8 Å². The predicted octanol–water partition coefficient (Wildman–Crippen LogP) is 2.89. The van der Waals surface area contributed by atoms with Gasteiger partial charge in [0, 0.05) is 12.2 Å². The van der Waals surface area contributed by atoms with Crippen LogP contribution in [0.15, 0.2) is 54.6 Å². The van der Waals surface area contributed by atoms with E-state index in [1.807, 2.05) is 42.5 Å². The molecule has 0 saturated heterocycles. The van der Waals surface area contributed by atoms with E-state index in [9.17, 15) is 4.79 Å². The Kier molecular flexibility index (Phi) is 8.69. The predicted molar refractivity (Wildman–Crippen MR) is 100 cm³/mol. The molecule has 0 spiro atoms. The van der Waals surface area contributed by atoms with Gasteiger partial charge in [-0.25, -0.2) is 0 Å². The number of halogens is 2. The zero-order chi connectivity index (χ0) is 15.3. The summed E-state index contributed by atoms with van der Waals surface area (Å²) in [6.45, 7) is 2.42. The van der Waals surface area contributed by atoms with Gasteiger partial charge >= 0.3 is 0 Å². The third kappa shape index (κ3) is 6.48. The van der Waals surface area contributed by atoms with Crippen LogP contribution in [0.25, 0.3) is 0 Å². The van der Waals surface area contributed by atoms with E-state index >= 15 is 0 Å². The lowest BCUT2D eigenvalue weighted by Crippen LogP contribution is -2.51. The molecule has 0 unspecified atom stereocenters. The van der Waals surface area contributed by atoms with Gasteiger partial charge in [0.05, 0.1) is 5.54 Å². The highest BCUT2D eigenvalue weighted by Crippen LogP contribution is 2.15. The van der Waals surface area contributed by atoms with Gasteiger partial charge in [0.15, 0.2) is 0 Å². The average molecular weight is 356 g/mol. The molecule has 126 valence electrons. The third-order valence-electron chi connectivity index (χ3n) is 3.43. The molecule has 1 amide bonds. The van der Waals surface area contributed by atoms with E-state index in [0.29, 0.717) is 6.42 Å². The van der Waals surface area contributed by atoms with E-state index in [-0.39, 0.29) is 24.8 Å². The van der Waals surface area contributed by atoms with E-state index in [1.165, 1.54) is 5.56 Å². The van der Waals surface area contributed by atoms with Crippen LogP contribution < -0.4 is 16.8 Å². The van der Waals surface area contributed by atoms with Gasteiger partial charge in [-0.2, -0.15) is 0 Å². The molecule has 1 atom stereocenters. The number of nitrogens with two attached hydrogens (primary N) is 2. The van der Waals surface area contributed by atoms with Crippen molar-refractivity contribution < 1.29 is 4.79 Å². The summed E-state index contributed by atoms with van der Waals surface area (Å²) in [5.74, 6) is -0.492. The lowest BCUT2D eigenvalue weighted by atomic mass is 9.93. The number of amides is 1. The van der Waals surface area contributed by atoms with E-state index in [4.69, 9.17) is 11.5 Å². The van der Waals surface area contributed by atoms with Crippen LogP contribution in [0.4, 0.5) is 5.69 Å². The molecular weight excluding hydrogens is 333 g/mol. The van der Waals surface area contributed by atoms with E-state index in [1.54, 1.807) is 6.92 Å². The van der Waals surface area contributed by atoms with Gasteiger partial charge in [0.1, 0.15) is 0 Å². The van der Waals surface area contributed by atoms with Gasteiger partial charge in [-0.15, -0.1) is 24.8 Å². The summed E-state index contributed by atoms with van der Waals surface area (Å²) in [6, 6.07) is 18.1. The Morgan fingerprint density at radius 1 is 1.00 bits per heavy atom. The molecule has 2 aromatic carbocycles. The maximum Gasteiger partial charge on any atom is 0.237 e. The standard InChI is InChI=1S/C17H21N3O.2ClH/c1-17(19,16(18)21)11-13-7-9-15(10-8-13)20-12-14-5-3-2-4-6-14;;/h2-10,20H,11-12,19H2,1H3,(H2,18,21);2*1H/t17-;;/m0../s1. The minimum Gasteiger partial charge on any atom is -0.381 e. The Balaban J connectivity index is 0.00000242. The third-order valence-corrected chi connectivity index (χ3v) is 3.43. The molecule has 0 saturated carbocycles. The molecule has 5 N–H and O–H groups in total. The lowest BCUT2D eigenvalue weighted by Gasteiger charge is -2.20. The van der Waals surface area contributed by atoms with Crippen LogP contribution in [-0.4, -0.2) is 11.4 Å². The number of hydrogen-bond donors (Lipinski definition) is 3. The van der Waals surface area contributed by atoms with Crippen LogP contribution in [0, 0.1) is 0 Å². The second-order valence-corrected chi connectivity index (χ2v) is 5.49. The fourth-order valence-corrected chi connectivity index (χ4v) is 2.05. The molecule has 0 radical (unpaired) electrons. The summed E-state index contributed by atoms with van der Waals surface area (Å²) < 4.78 is 0. The molecule has 4 nitrogen and oxygen atoms in total. The number of primary amides is 1. The molecule has 0 aliphatic heterocycles. The van der Waals surface area contributed by atoms with Crippen molar-refractivity contribution in [2.24, 2.45) is 11.5 Å². The van der Waals surface area contributed by atoms with Crippen molar-refractivity contribution in [2.75, 3.05) is 5.32 Å². The van der Waals surface area contributed by atoms with Gasteiger partial charge in [0.2, 0.25) is 5.91 Å². The molecule has 0 bridgehead atoms. The molecular formula is C17H23Cl2N3O. The summed E-state index contributed by atoms with van der Waals surface area (Å²) in [5.41, 5.74) is 13.4. The Morgan fingerprint density at radius 2 is 1.57 bits per heavy atom. The maximum atomic E-state index is 11.2. The Hall–Kier alpha value is -1.75. The van der Waals surface area contributed by atoms with Gasteiger partial charge in [0.25, 0.3) is 0 Å². The Bertz CT molecular complexity index is 601. The average Bonchev–Trinajstić information content (AvgIpc) is 2.47. The normalized spacial score (nSPS) is 12.3. The zero-order valence-electron chi connectivity index (χ0n) is 13.0. The van der Waals surface area contributed by atoms with Crippen molar-refractivity contribution in [1.82, 2.24) is 0 Å². The zero-order valence-corrected chi connectivity index (χ0v) is 14.6. The highest BCUT2D eigenvalue weighted by atomic mass is 35.5. The quantitative estimate of drug-likeness (QED) is 0.744. The number of carbonyl (C=O) groups excluding carboxylic acids is 1. The second-order valence-electron chi connectivity index (χ2n) is 5.49. The fraction of sp³-hybridized carbons (Fsp3) is 0.235. The summed E-state index contributed by atoms with van der Waals surface area (Å²) in [7, 11) is 0. The van der Waals surface area contributed by atoms with Gasteiger partial charge in [-0.05, 0) is 36.6 Å². The maximum absolute atomic E-state index is 11.2. The fourth-order valence-electron chi connectivity index (χ4n) is 2.05. The largest absolute Gasteiger partial charge is 0.381 e. The molecule has 0 aromatic heterocycles. The van der Waals surface area contributed by atoms with Gasteiger partial charge < -0.3 is 16.8 Å². The van der Waals surface area contributed by atoms with Crippen molar-refractivity contribution in [3.63, 3.8) is 0 Å². The summed E-state index contributed by atoms with van der Waals surface area (Å²) >= 11 is 0. The molecule has 2 rings (SSSR count). The van der Waals surface area contributed by atoms with E-state index in [2.05, 4.69) is 17.4 Å². The number of hydrogen-bond acceptors (Lipinski definition) is 3. The highest BCUT2D eigenvalue weighted by molar-refractivity contribution is 5.85. The number of benzene rings is 2. The molecule has 6 heteroatoms. The smallest absolute Gasteiger partial charge is 0.237 e. The van der Waals surface area contributed by atoms with Gasteiger partial charge in [-0.3, -0.25) is 4.79 Å². The summed E-state index contributed by atoms with van der Waals surface area (Å²) in [6.07, 6.45) is 0.432. The van der Waals surface area contributed by atoms with Crippen LogP contribution in [0.3, 0.4) is 0 Å². The first-order valence-corrected chi connectivity index (χ1v) is 6.93. The number of nitrogens with one attached hydrogen (secondary N) is 1. The van der Waals surface area contributed by atoms with E-state index < -0.39 is 11.4 Å². The van der Waals surface area contributed by atoms with Gasteiger partial charge in [-0.1, -0.05) is 42.5 Å². The second kappa shape index (κ2) is 9.40. The van der Waals surface area contributed by atoms with Crippen LogP contribution in [0.1, 0.15) is 18.1 Å². The van der Waals surface area contributed by atoms with Crippen LogP contribution in [0.5, 0.6) is 0 Å². The minimum absolute atomic E-state index is 0. The first-order chi connectivity index (χ1) is 9.97. The Labute approximate surface area is 149 Å². The van der Waals surface area contributed by atoms with Crippen molar-refractivity contribution in [2.45, 2.75) is 25.4 Å². The van der Waals surface area contributed by atoms with Crippen molar-refractivity contribution in [1.29, 1.82) is 0 Å². The van der Waals surface area contributed by atoms with Crippen molar-refractivity contribution >= 4 is 36.4 Å². The number of anilines is 1. The molecule has 2 aromatic rings. The first-order valence-electron chi connectivity index (χ1n) is 6.93. The molecule has 23 heavy (non-hydrogen) atoms. The monoisotopic (exact) mass is 355 g/mol. The molecule has 0 heterocycles. The minimum atomic E-state index is -1.01. The number of rotatable bonds is 6. The lowest BCUT2D eigenvalue weighted by molar-refractivity contribution is -0.122. The highest BCUT2D eigenvalue weighted by Gasteiger charge is 2.25. The first kappa shape index (κ1) is 21.2. The summed E-state index contributed by atoms with van der Waals surface area (Å²) in [4.78, 5) is 11.2. The van der Waals surface area contributed by atoms with Crippen molar-refractivity contribution in [3.05, 3.63) is 65.7 Å². The van der Waals surface area contributed by atoms with Crippen LogP contribution in [-0.2, 0) is 17.8 Å². The van der Waals surface area contributed by atoms with Crippen molar-refractivity contribution in [3.8, 4) is 0 Å². The van der Waals surface area contributed by atoms with Crippen LogP contribution in [0.2, 0.25) is 0 Å². The summed E-state index contributed by atoms with van der Waals surface area (Å²) in [5, 5.41) is 3.35. The molecule has 0 aliphatic carbocycles. The molecule has 0 aliphatic rings. The van der Waals surface area contributed by atoms with Crippen LogP contribution >= 0.6 is 24.8 Å². The SMILES string of the molecule is C[C@](N)(Cc1ccc(NCc2ccccc2)cc1)C(N)=O.Cl.Cl. The topological polar surface area (TPSA) is 81.1 Å². The Morgan fingerprint density at radius 3 is 2.09 bits per heavy atom. The number of carbonyl (C=O) groups is 1. The molecule has 0 fully saturated rings.